The highest BCUT2D eigenvalue weighted by Gasteiger charge is 2.38. The van der Waals surface area contributed by atoms with Crippen LogP contribution in [-0.2, 0) is 6.54 Å². The number of para-hydroxylation sites is 1. The van der Waals surface area contributed by atoms with Crippen molar-refractivity contribution in [1.29, 1.82) is 0 Å². The second-order valence-corrected chi connectivity index (χ2v) is 6.67. The summed E-state index contributed by atoms with van der Waals surface area (Å²) in [5.74, 6) is 0.0145. The zero-order valence-electron chi connectivity index (χ0n) is 14.9. The lowest BCUT2D eigenvalue weighted by Crippen LogP contribution is -2.32. The van der Waals surface area contributed by atoms with Gasteiger partial charge in [-0.3, -0.25) is 9.78 Å². The molecule has 0 spiro atoms. The number of aromatic nitrogens is 1. The molecule has 0 bridgehead atoms. The van der Waals surface area contributed by atoms with Crippen molar-refractivity contribution in [3.05, 3.63) is 94.8 Å². The van der Waals surface area contributed by atoms with Crippen molar-refractivity contribution in [2.45, 2.75) is 26.6 Å². The normalized spacial score (nSPS) is 15.8. The molecule has 1 aromatic heterocycles. The number of hydrogen-bond donors (Lipinski definition) is 1. The van der Waals surface area contributed by atoms with Gasteiger partial charge in [-0.25, -0.2) is 0 Å². The molecule has 0 radical (unpaired) electrons. The second kappa shape index (κ2) is 6.64. The van der Waals surface area contributed by atoms with Crippen molar-refractivity contribution < 1.29 is 4.79 Å². The third kappa shape index (κ3) is 2.84. The molecule has 4 rings (SSSR count). The maximum absolute atomic E-state index is 13.0. The zero-order chi connectivity index (χ0) is 18.1. The number of fused-ring (bicyclic) bond motifs is 1. The molecule has 0 saturated carbocycles. The summed E-state index contributed by atoms with van der Waals surface area (Å²) in [6.45, 7) is 4.69. The van der Waals surface area contributed by atoms with Gasteiger partial charge in [0.2, 0.25) is 0 Å². The summed E-state index contributed by atoms with van der Waals surface area (Å²) in [6, 6.07) is 19.9. The minimum Gasteiger partial charge on any atom is -0.360 e. The van der Waals surface area contributed by atoms with Crippen molar-refractivity contribution in [2.75, 3.05) is 5.32 Å². The van der Waals surface area contributed by atoms with E-state index < -0.39 is 0 Å². The Kier molecular flexibility index (Phi) is 4.17. The average molecular weight is 343 g/mol. The van der Waals surface area contributed by atoms with E-state index in [1.54, 1.807) is 6.20 Å². The minimum absolute atomic E-state index is 0.0145. The molecule has 2 heterocycles. The van der Waals surface area contributed by atoms with Crippen molar-refractivity contribution in [3.63, 3.8) is 0 Å². The van der Waals surface area contributed by atoms with Crippen LogP contribution in [0, 0.1) is 13.8 Å². The van der Waals surface area contributed by atoms with Crippen LogP contribution in [0.15, 0.2) is 66.9 Å². The van der Waals surface area contributed by atoms with Gasteiger partial charge in [0.1, 0.15) is 6.17 Å². The molecular formula is C22H21N3O. The third-order valence-electron chi connectivity index (χ3n) is 4.86. The first-order valence-corrected chi connectivity index (χ1v) is 8.77. The minimum atomic E-state index is -0.279. The lowest BCUT2D eigenvalue weighted by atomic mass is 10.1. The molecule has 0 aliphatic carbocycles. The summed E-state index contributed by atoms with van der Waals surface area (Å²) in [5.41, 5.74) is 5.93. The number of anilines is 1. The SMILES string of the molecule is Cc1cccc(C)c1NC1c2ncccc2C(=O)N1Cc1ccccc1. The van der Waals surface area contributed by atoms with Gasteiger partial charge in [0.05, 0.1) is 11.3 Å². The van der Waals surface area contributed by atoms with Crippen LogP contribution >= 0.6 is 0 Å². The highest BCUT2D eigenvalue weighted by molar-refractivity contribution is 5.99. The number of nitrogens with zero attached hydrogens (tertiary/aromatic N) is 2. The Balaban J connectivity index is 1.74. The maximum atomic E-state index is 13.0. The van der Waals surface area contributed by atoms with E-state index in [0.717, 1.165) is 28.1 Å². The Morgan fingerprint density at radius 1 is 0.962 bits per heavy atom. The van der Waals surface area contributed by atoms with Gasteiger partial charge < -0.3 is 10.2 Å². The summed E-state index contributed by atoms with van der Waals surface area (Å²) in [5, 5.41) is 3.58. The number of pyridine rings is 1. The summed E-state index contributed by atoms with van der Waals surface area (Å²) < 4.78 is 0. The smallest absolute Gasteiger partial charge is 0.258 e. The predicted octanol–water partition coefficient (Wildman–Crippen LogP) is 4.47. The van der Waals surface area contributed by atoms with Gasteiger partial charge in [-0.05, 0) is 42.7 Å². The lowest BCUT2D eigenvalue weighted by Gasteiger charge is -2.28. The van der Waals surface area contributed by atoms with Crippen LogP contribution in [0.1, 0.15) is 38.9 Å². The Hall–Kier alpha value is -3.14. The van der Waals surface area contributed by atoms with Gasteiger partial charge in [-0.1, -0.05) is 48.5 Å². The molecule has 1 unspecified atom stereocenters. The van der Waals surface area contributed by atoms with E-state index in [4.69, 9.17) is 0 Å². The van der Waals surface area contributed by atoms with Crippen molar-refractivity contribution >= 4 is 11.6 Å². The van der Waals surface area contributed by atoms with E-state index in [-0.39, 0.29) is 12.1 Å². The standard InChI is InChI=1S/C22H21N3O/c1-15-8-6-9-16(2)19(15)24-21-20-18(12-7-13-23-20)22(26)25(21)14-17-10-4-3-5-11-17/h3-13,21,24H,14H2,1-2H3. The molecule has 1 aliphatic rings. The van der Waals surface area contributed by atoms with E-state index in [9.17, 15) is 4.79 Å². The Morgan fingerprint density at radius 2 is 1.69 bits per heavy atom. The van der Waals surface area contributed by atoms with E-state index >= 15 is 0 Å². The predicted molar refractivity (Wildman–Crippen MR) is 103 cm³/mol. The van der Waals surface area contributed by atoms with E-state index in [1.807, 2.05) is 53.4 Å². The highest BCUT2D eigenvalue weighted by Crippen LogP contribution is 2.35. The molecule has 1 N–H and O–H groups in total. The number of carbonyl (C=O) groups excluding carboxylic acids is 1. The molecule has 4 nitrogen and oxygen atoms in total. The Bertz CT molecular complexity index is 932. The molecule has 1 atom stereocenters. The van der Waals surface area contributed by atoms with Gasteiger partial charge >= 0.3 is 0 Å². The molecule has 1 amide bonds. The maximum Gasteiger partial charge on any atom is 0.258 e. The zero-order valence-corrected chi connectivity index (χ0v) is 14.9. The van der Waals surface area contributed by atoms with Gasteiger partial charge in [-0.2, -0.15) is 0 Å². The Morgan fingerprint density at radius 3 is 2.42 bits per heavy atom. The molecule has 1 aliphatic heterocycles. The lowest BCUT2D eigenvalue weighted by molar-refractivity contribution is 0.0727. The quantitative estimate of drug-likeness (QED) is 0.760. The molecular weight excluding hydrogens is 322 g/mol. The first-order chi connectivity index (χ1) is 12.6. The summed E-state index contributed by atoms with van der Waals surface area (Å²) in [6.07, 6.45) is 1.47. The molecule has 2 aromatic carbocycles. The second-order valence-electron chi connectivity index (χ2n) is 6.67. The van der Waals surface area contributed by atoms with E-state index in [1.165, 1.54) is 0 Å². The van der Waals surface area contributed by atoms with Crippen LogP contribution in [-0.4, -0.2) is 15.8 Å². The summed E-state index contributed by atoms with van der Waals surface area (Å²) in [4.78, 5) is 19.4. The number of carbonyl (C=O) groups is 1. The summed E-state index contributed by atoms with van der Waals surface area (Å²) in [7, 11) is 0. The molecule has 26 heavy (non-hydrogen) atoms. The number of benzene rings is 2. The van der Waals surface area contributed by atoms with Gasteiger partial charge in [0.25, 0.3) is 5.91 Å². The van der Waals surface area contributed by atoms with Crippen LogP contribution in [0.3, 0.4) is 0 Å². The highest BCUT2D eigenvalue weighted by atomic mass is 16.2. The number of hydrogen-bond acceptors (Lipinski definition) is 3. The molecule has 3 aromatic rings. The number of aryl methyl sites for hydroxylation is 2. The van der Waals surface area contributed by atoms with Crippen LogP contribution < -0.4 is 5.32 Å². The van der Waals surface area contributed by atoms with Crippen LogP contribution in [0.2, 0.25) is 0 Å². The number of nitrogens with one attached hydrogen (secondary N) is 1. The van der Waals surface area contributed by atoms with Crippen molar-refractivity contribution in [3.8, 4) is 0 Å². The largest absolute Gasteiger partial charge is 0.360 e. The van der Waals surface area contributed by atoms with E-state index in [2.05, 4.69) is 36.3 Å². The first kappa shape index (κ1) is 16.3. The first-order valence-electron chi connectivity index (χ1n) is 8.77. The molecule has 4 heteroatoms. The van der Waals surface area contributed by atoms with Crippen molar-refractivity contribution in [1.82, 2.24) is 9.88 Å². The topological polar surface area (TPSA) is 45.2 Å². The monoisotopic (exact) mass is 343 g/mol. The fourth-order valence-corrected chi connectivity index (χ4v) is 3.50. The number of amides is 1. The van der Waals surface area contributed by atoms with Gasteiger partial charge in [0, 0.05) is 18.4 Å². The molecule has 130 valence electrons. The summed E-state index contributed by atoms with van der Waals surface area (Å²) >= 11 is 0. The fourth-order valence-electron chi connectivity index (χ4n) is 3.50. The van der Waals surface area contributed by atoms with Gasteiger partial charge in [-0.15, -0.1) is 0 Å². The van der Waals surface area contributed by atoms with Crippen LogP contribution in [0.25, 0.3) is 0 Å². The van der Waals surface area contributed by atoms with E-state index in [0.29, 0.717) is 12.1 Å². The Labute approximate surface area is 153 Å². The van der Waals surface area contributed by atoms with Gasteiger partial charge in [0.15, 0.2) is 0 Å². The average Bonchev–Trinajstić information content (AvgIpc) is 2.91. The fraction of sp³-hybridized carbons (Fsp3) is 0.182. The van der Waals surface area contributed by atoms with Crippen LogP contribution in [0.5, 0.6) is 0 Å². The molecule has 0 saturated heterocycles. The van der Waals surface area contributed by atoms with Crippen molar-refractivity contribution in [2.24, 2.45) is 0 Å². The number of rotatable bonds is 4. The molecule has 0 fully saturated rings. The van der Waals surface area contributed by atoms with Crippen LogP contribution in [0.4, 0.5) is 5.69 Å². The third-order valence-corrected chi connectivity index (χ3v) is 4.86.